The molecule has 36 heavy (non-hydrogen) atoms. The molecule has 5 rings (SSSR count). The predicted molar refractivity (Wildman–Crippen MR) is 128 cm³/mol. The second-order valence-corrected chi connectivity index (χ2v) is 13.6. The van der Waals surface area contributed by atoms with Crippen LogP contribution in [0.25, 0.3) is 0 Å². The first-order valence-electron chi connectivity index (χ1n) is 13.7. The molecule has 2 bridgehead atoms. The molecule has 0 radical (unpaired) electrons. The van der Waals surface area contributed by atoms with Crippen molar-refractivity contribution in [1.29, 1.82) is 0 Å². The smallest absolute Gasteiger partial charge is 0.303 e. The maximum atomic E-state index is 11.8. The minimum atomic E-state index is -1.53. The summed E-state index contributed by atoms with van der Waals surface area (Å²) in [4.78, 5) is 11.8. The van der Waals surface area contributed by atoms with Crippen LogP contribution in [0.5, 0.6) is 0 Å². The minimum Gasteiger partial charge on any atom is -0.481 e. The van der Waals surface area contributed by atoms with Crippen molar-refractivity contribution in [2.75, 3.05) is 6.61 Å². The molecule has 9 heteroatoms. The number of carboxylic acids is 1. The van der Waals surface area contributed by atoms with Gasteiger partial charge in [-0.15, -0.1) is 0 Å². The predicted octanol–water partition coefficient (Wildman–Crippen LogP) is 1.56. The average molecular weight is 513 g/mol. The Balaban J connectivity index is 1.43. The van der Waals surface area contributed by atoms with Crippen LogP contribution in [0.1, 0.15) is 85.0 Å². The molecular weight excluding hydrogens is 468 g/mol. The number of aliphatic hydroxyl groups excluding tert-OH is 4. The van der Waals surface area contributed by atoms with Gasteiger partial charge in [0.1, 0.15) is 30.0 Å². The van der Waals surface area contributed by atoms with Gasteiger partial charge in [0.15, 0.2) is 6.29 Å². The van der Waals surface area contributed by atoms with E-state index in [0.717, 1.165) is 38.5 Å². The molecule has 12 atom stereocenters. The van der Waals surface area contributed by atoms with E-state index >= 15 is 0 Å². The van der Waals surface area contributed by atoms with Crippen LogP contribution in [0.2, 0.25) is 0 Å². The fourth-order valence-electron chi connectivity index (χ4n) is 10.1. The molecule has 1 heterocycles. The van der Waals surface area contributed by atoms with Crippen LogP contribution in [-0.2, 0) is 14.3 Å². The van der Waals surface area contributed by atoms with E-state index in [0.29, 0.717) is 31.1 Å². The molecule has 3 unspecified atom stereocenters. The number of ether oxygens (including phenoxy) is 2. The molecule has 1 aliphatic heterocycles. The van der Waals surface area contributed by atoms with Gasteiger partial charge in [0, 0.05) is 0 Å². The van der Waals surface area contributed by atoms with E-state index in [1.165, 1.54) is 0 Å². The van der Waals surface area contributed by atoms with Gasteiger partial charge in [0.05, 0.1) is 18.6 Å². The Labute approximate surface area is 212 Å². The Morgan fingerprint density at radius 3 is 2.31 bits per heavy atom. The fraction of sp³-hybridized carbons (Fsp3) is 0.963. The Morgan fingerprint density at radius 1 is 0.944 bits per heavy atom. The van der Waals surface area contributed by atoms with Gasteiger partial charge >= 0.3 is 5.97 Å². The van der Waals surface area contributed by atoms with Crippen molar-refractivity contribution in [2.24, 2.45) is 28.1 Å². The third-order valence-corrected chi connectivity index (χ3v) is 11.5. The van der Waals surface area contributed by atoms with Gasteiger partial charge in [0.25, 0.3) is 0 Å². The van der Waals surface area contributed by atoms with E-state index in [9.17, 15) is 35.4 Å². The Bertz CT molecular complexity index is 877. The molecule has 0 aromatic carbocycles. The van der Waals surface area contributed by atoms with E-state index in [1.807, 2.05) is 0 Å². The molecule has 5 fully saturated rings. The third-order valence-electron chi connectivity index (χ3n) is 11.5. The maximum Gasteiger partial charge on any atom is 0.303 e. The van der Waals surface area contributed by atoms with Crippen LogP contribution in [0.15, 0.2) is 0 Å². The summed E-state index contributed by atoms with van der Waals surface area (Å²) in [6, 6.07) is 0. The molecule has 0 aromatic rings. The highest BCUT2D eigenvalue weighted by molar-refractivity contribution is 5.67. The number of carbonyl (C=O) groups is 1. The zero-order chi connectivity index (χ0) is 26.3. The van der Waals surface area contributed by atoms with Crippen molar-refractivity contribution in [3.05, 3.63) is 0 Å². The van der Waals surface area contributed by atoms with Crippen molar-refractivity contribution in [3.63, 3.8) is 0 Å². The number of carboxylic acid groups (broad SMARTS) is 1. The quantitative estimate of drug-likeness (QED) is 0.301. The summed E-state index contributed by atoms with van der Waals surface area (Å²) in [6.45, 7) is 5.76. The highest BCUT2D eigenvalue weighted by Gasteiger charge is 2.72. The SMILES string of the molecule is C[C@@]1(CC(=O)O)CCC[C@]2(C)C1CCC13CC(O[C@@H]4O[C@H](CO)[C@@H](O)[C@H](O)[C@H]4O)(CC[C@H]12)[C@](C)(O)C3. The molecule has 6 N–H and O–H groups in total. The van der Waals surface area contributed by atoms with Gasteiger partial charge < -0.3 is 40.1 Å². The Kier molecular flexibility index (Phi) is 6.40. The molecule has 206 valence electrons. The van der Waals surface area contributed by atoms with E-state index in [1.54, 1.807) is 6.92 Å². The van der Waals surface area contributed by atoms with Crippen molar-refractivity contribution >= 4 is 5.97 Å². The molecule has 9 nitrogen and oxygen atoms in total. The second kappa shape index (κ2) is 8.60. The molecule has 1 spiro atoms. The first-order valence-corrected chi connectivity index (χ1v) is 13.7. The van der Waals surface area contributed by atoms with E-state index in [2.05, 4.69) is 13.8 Å². The molecule has 1 saturated heterocycles. The van der Waals surface area contributed by atoms with Gasteiger partial charge in [0.2, 0.25) is 0 Å². The van der Waals surface area contributed by atoms with Gasteiger partial charge in [-0.1, -0.05) is 20.3 Å². The van der Waals surface area contributed by atoms with Gasteiger partial charge in [-0.3, -0.25) is 4.79 Å². The zero-order valence-corrected chi connectivity index (χ0v) is 21.7. The highest BCUT2D eigenvalue weighted by atomic mass is 16.7. The topological polar surface area (TPSA) is 157 Å². The lowest BCUT2D eigenvalue weighted by molar-refractivity contribution is -0.346. The lowest BCUT2D eigenvalue weighted by atomic mass is 9.40. The number of hydrogen-bond acceptors (Lipinski definition) is 8. The summed E-state index contributed by atoms with van der Waals surface area (Å²) in [5.74, 6) is -0.0889. The second-order valence-electron chi connectivity index (χ2n) is 13.6. The van der Waals surface area contributed by atoms with Crippen LogP contribution in [0.4, 0.5) is 0 Å². The fourth-order valence-corrected chi connectivity index (χ4v) is 10.1. The van der Waals surface area contributed by atoms with Crippen molar-refractivity contribution < 1.29 is 44.9 Å². The number of fused-ring (bicyclic) bond motifs is 3. The Hall–Kier alpha value is -0.810. The van der Waals surface area contributed by atoms with Crippen LogP contribution in [0, 0.1) is 28.1 Å². The number of hydrogen-bond donors (Lipinski definition) is 6. The Morgan fingerprint density at radius 2 is 1.64 bits per heavy atom. The molecule has 0 amide bonds. The standard InChI is InChI=1S/C27H44O9/c1-23(11-18(29)30)7-4-8-24(2)16(23)5-9-26-13-25(3,34)27(14-26,10-6-17(24)26)36-22-21(33)20(32)19(31)15(12-28)35-22/h15-17,19-22,28,31-34H,4-14H2,1-3H3,(H,29,30)/t15-,16?,17+,19-,20+,21-,22+,23+,24-,25-,26?,27?/m1/s1. The van der Waals surface area contributed by atoms with Crippen LogP contribution in [-0.4, -0.2) is 85.1 Å². The van der Waals surface area contributed by atoms with E-state index in [-0.39, 0.29) is 22.7 Å². The molecule has 0 aromatic heterocycles. The zero-order valence-electron chi connectivity index (χ0n) is 21.7. The lowest BCUT2D eigenvalue weighted by Crippen LogP contribution is -2.63. The summed E-state index contributed by atoms with van der Waals surface area (Å²) < 4.78 is 12.1. The summed E-state index contributed by atoms with van der Waals surface area (Å²) in [5.41, 5.74) is -2.59. The van der Waals surface area contributed by atoms with E-state index in [4.69, 9.17) is 9.47 Å². The first-order chi connectivity index (χ1) is 16.7. The lowest BCUT2D eigenvalue weighted by Gasteiger charge is -2.64. The van der Waals surface area contributed by atoms with Gasteiger partial charge in [-0.2, -0.15) is 0 Å². The van der Waals surface area contributed by atoms with Crippen molar-refractivity contribution in [2.45, 2.75) is 127 Å². The van der Waals surface area contributed by atoms with Gasteiger partial charge in [-0.25, -0.2) is 0 Å². The molecule has 4 saturated carbocycles. The molecule has 4 aliphatic carbocycles. The largest absolute Gasteiger partial charge is 0.481 e. The monoisotopic (exact) mass is 512 g/mol. The van der Waals surface area contributed by atoms with Crippen molar-refractivity contribution in [1.82, 2.24) is 0 Å². The maximum absolute atomic E-state index is 11.8. The van der Waals surface area contributed by atoms with Crippen LogP contribution >= 0.6 is 0 Å². The molecular formula is C27H44O9. The number of aliphatic carboxylic acids is 1. The van der Waals surface area contributed by atoms with Gasteiger partial charge in [-0.05, 0) is 86.4 Å². The molecule has 5 aliphatic rings. The minimum absolute atomic E-state index is 0.0174. The van der Waals surface area contributed by atoms with Crippen LogP contribution in [0.3, 0.4) is 0 Å². The third kappa shape index (κ3) is 3.72. The van der Waals surface area contributed by atoms with E-state index < -0.39 is 54.5 Å². The van der Waals surface area contributed by atoms with Crippen molar-refractivity contribution in [3.8, 4) is 0 Å². The highest BCUT2D eigenvalue weighted by Crippen LogP contribution is 2.74. The number of rotatable bonds is 5. The van der Waals surface area contributed by atoms with Crippen LogP contribution < -0.4 is 0 Å². The average Bonchev–Trinajstić information content (AvgIpc) is 2.93. The number of aliphatic hydroxyl groups is 5. The summed E-state index contributed by atoms with van der Waals surface area (Å²) >= 11 is 0. The summed E-state index contributed by atoms with van der Waals surface area (Å²) in [6.07, 6.45) is 0.687. The normalized spacial score (nSPS) is 56.6. The summed E-state index contributed by atoms with van der Waals surface area (Å²) in [7, 11) is 0. The first kappa shape index (κ1) is 26.8. The summed E-state index contributed by atoms with van der Waals surface area (Å²) in [5, 5.41) is 62.1.